The number of furan rings is 2. The molecule has 12 rings (SSSR count). The van der Waals surface area contributed by atoms with Crippen molar-refractivity contribution in [1.29, 1.82) is 0 Å². The first kappa shape index (κ1) is 60.4. The van der Waals surface area contributed by atoms with Gasteiger partial charge in [-0.3, -0.25) is 9.97 Å². The molecule has 12 aromatic rings. The van der Waals surface area contributed by atoms with Crippen molar-refractivity contribution in [3.05, 3.63) is 180 Å². The molecule has 0 aliphatic carbocycles. The molecule has 1 radical (unpaired) electrons. The van der Waals surface area contributed by atoms with Crippen LogP contribution in [-0.4, -0.2) is 59.7 Å². The number of aromatic nitrogens is 4. The number of fused-ring (bicyclic) bond motifs is 8. The van der Waals surface area contributed by atoms with Crippen molar-refractivity contribution < 1.29 is 39.2 Å². The van der Waals surface area contributed by atoms with Crippen molar-refractivity contribution in [3.63, 3.8) is 0 Å². The molecule has 0 atom stereocenters. The Labute approximate surface area is 494 Å². The summed E-state index contributed by atoms with van der Waals surface area (Å²) in [5.74, 6) is 3.19. The minimum absolute atomic E-state index is 0. The van der Waals surface area contributed by atoms with Gasteiger partial charge in [0.25, 0.3) is 0 Å². The Hall–Kier alpha value is -6.70. The number of benzene rings is 8. The molecule has 0 saturated carbocycles. The second kappa shape index (κ2) is 24.4. The van der Waals surface area contributed by atoms with E-state index in [9.17, 15) is 0 Å². The molecule has 0 fully saturated rings. The Bertz CT molecular complexity index is 3860. The molecular formula is C70H78IrN4O4Si2-2. The summed E-state index contributed by atoms with van der Waals surface area (Å²) in [5, 5.41) is 21.4. The van der Waals surface area contributed by atoms with Crippen LogP contribution in [0.25, 0.3) is 100 Å². The van der Waals surface area contributed by atoms with Crippen LogP contribution in [0.15, 0.2) is 154 Å². The van der Waals surface area contributed by atoms with E-state index in [4.69, 9.17) is 29.0 Å². The smallest absolute Gasteiger partial charge is 0.120 e. The standard InChI is InChI=1S/2C34H35N2OSi.2CH4O.Ir/c2*1-21(2)27-19-23(38(5,6)7)20-28(22(3)4)32(27)36-30-17-10-9-16-29(30)35-34(36)26-15-12-14-25-24-13-8-11-18-31(24)37-33(25)26;2*1-2;/h2*8-14,16-22H,1-7H3;2*2H,1H3;/q2*-1;;;. The third-order valence-electron chi connectivity index (χ3n) is 15.3. The van der Waals surface area contributed by atoms with Crippen molar-refractivity contribution >= 4 is 92.5 Å². The molecule has 81 heavy (non-hydrogen) atoms. The van der Waals surface area contributed by atoms with Gasteiger partial charge in [-0.2, -0.15) is 0 Å². The maximum atomic E-state index is 7.00. The van der Waals surface area contributed by atoms with E-state index in [2.05, 4.69) is 225 Å². The van der Waals surface area contributed by atoms with Crippen LogP contribution in [0.4, 0.5) is 0 Å². The van der Waals surface area contributed by atoms with Crippen molar-refractivity contribution in [1.82, 2.24) is 19.1 Å². The summed E-state index contributed by atoms with van der Waals surface area (Å²) >= 11 is 0. The number of hydrogen-bond acceptors (Lipinski definition) is 6. The fourth-order valence-electron chi connectivity index (χ4n) is 11.1. The second-order valence-electron chi connectivity index (χ2n) is 24.0. The molecule has 4 aromatic heterocycles. The zero-order valence-corrected chi connectivity index (χ0v) is 54.4. The zero-order valence-electron chi connectivity index (χ0n) is 50.0. The van der Waals surface area contributed by atoms with Crippen LogP contribution in [0.1, 0.15) is 101 Å². The van der Waals surface area contributed by atoms with Gasteiger partial charge >= 0.3 is 0 Å². The molecule has 0 unspecified atom stereocenters. The van der Waals surface area contributed by atoms with Gasteiger partial charge < -0.3 is 28.2 Å². The maximum Gasteiger partial charge on any atom is 0.120 e. The van der Waals surface area contributed by atoms with E-state index in [0.717, 1.165) is 103 Å². The number of nitrogens with zero attached hydrogens (tertiary/aromatic N) is 4. The van der Waals surface area contributed by atoms with E-state index >= 15 is 0 Å². The van der Waals surface area contributed by atoms with Gasteiger partial charge in [0.05, 0.1) is 61.0 Å². The van der Waals surface area contributed by atoms with Gasteiger partial charge in [-0.05, 0) is 82.3 Å². The number of para-hydroxylation sites is 6. The van der Waals surface area contributed by atoms with E-state index in [1.165, 1.54) is 44.0 Å². The van der Waals surface area contributed by atoms with Gasteiger partial charge in [-0.25, -0.2) is 0 Å². The summed E-state index contributed by atoms with van der Waals surface area (Å²) in [6.07, 6.45) is 0. The molecule has 0 amide bonds. The van der Waals surface area contributed by atoms with E-state index in [-0.39, 0.29) is 20.1 Å². The van der Waals surface area contributed by atoms with Crippen molar-refractivity contribution in [2.75, 3.05) is 14.2 Å². The monoisotopic (exact) mass is 1290 g/mol. The molecule has 4 heterocycles. The van der Waals surface area contributed by atoms with Crippen LogP contribution in [0, 0.1) is 12.1 Å². The normalized spacial score (nSPS) is 11.9. The first-order chi connectivity index (χ1) is 38.3. The van der Waals surface area contributed by atoms with Gasteiger partial charge in [-0.15, -0.1) is 36.4 Å². The molecule has 421 valence electrons. The summed E-state index contributed by atoms with van der Waals surface area (Å²) in [7, 11) is -1.06. The summed E-state index contributed by atoms with van der Waals surface area (Å²) in [5.41, 5.74) is 17.4. The molecule has 2 N–H and O–H groups in total. The van der Waals surface area contributed by atoms with Gasteiger partial charge in [-0.1, -0.05) is 212 Å². The Morgan fingerprint density at radius 3 is 1.05 bits per heavy atom. The van der Waals surface area contributed by atoms with Crippen LogP contribution >= 0.6 is 0 Å². The molecule has 0 aliphatic rings. The second-order valence-corrected chi connectivity index (χ2v) is 34.2. The molecule has 8 aromatic carbocycles. The van der Waals surface area contributed by atoms with Crippen molar-refractivity contribution in [3.8, 4) is 34.2 Å². The number of aliphatic hydroxyl groups excluding tert-OH is 2. The summed E-state index contributed by atoms with van der Waals surface area (Å²) in [6.45, 7) is 33.1. The Morgan fingerprint density at radius 2 is 0.728 bits per heavy atom. The first-order valence-electron chi connectivity index (χ1n) is 28.2. The van der Waals surface area contributed by atoms with Gasteiger partial charge in [0, 0.05) is 56.5 Å². The fourth-order valence-corrected chi connectivity index (χ4v) is 13.4. The molecule has 0 spiro atoms. The average molecular weight is 1290 g/mol. The first-order valence-corrected chi connectivity index (χ1v) is 35.2. The van der Waals surface area contributed by atoms with E-state index in [1.54, 1.807) is 0 Å². The van der Waals surface area contributed by atoms with E-state index in [0.29, 0.717) is 23.7 Å². The predicted octanol–water partition coefficient (Wildman–Crippen LogP) is 17.6. The van der Waals surface area contributed by atoms with Gasteiger partial charge in [0.2, 0.25) is 0 Å². The van der Waals surface area contributed by atoms with Gasteiger partial charge in [0.15, 0.2) is 0 Å². The van der Waals surface area contributed by atoms with Crippen molar-refractivity contribution in [2.45, 2.75) is 118 Å². The number of aliphatic hydroxyl groups is 2. The Morgan fingerprint density at radius 1 is 0.420 bits per heavy atom. The molecule has 0 bridgehead atoms. The minimum Gasteiger partial charge on any atom is -0.501 e. The third-order valence-corrected chi connectivity index (χ3v) is 19.3. The molecular weight excluding hydrogens is 1210 g/mol. The number of imidazole rings is 2. The molecule has 11 heteroatoms. The number of hydrogen-bond donors (Lipinski definition) is 2. The van der Waals surface area contributed by atoms with Crippen LogP contribution in [0.3, 0.4) is 0 Å². The quantitative estimate of drug-likeness (QED) is 0.104. The van der Waals surface area contributed by atoms with Crippen LogP contribution in [-0.2, 0) is 20.1 Å². The topological polar surface area (TPSA) is 102 Å². The summed E-state index contributed by atoms with van der Waals surface area (Å²) in [4.78, 5) is 10.5. The van der Waals surface area contributed by atoms with E-state index in [1.807, 2.05) is 36.4 Å². The van der Waals surface area contributed by atoms with Crippen LogP contribution in [0.2, 0.25) is 39.3 Å². The number of rotatable bonds is 10. The molecule has 0 saturated heterocycles. The van der Waals surface area contributed by atoms with Crippen molar-refractivity contribution in [2.24, 2.45) is 0 Å². The van der Waals surface area contributed by atoms with Crippen LogP contribution in [0.5, 0.6) is 0 Å². The van der Waals surface area contributed by atoms with Crippen LogP contribution < -0.4 is 10.4 Å². The summed E-state index contributed by atoms with van der Waals surface area (Å²) in [6, 6.07) is 58.5. The van der Waals surface area contributed by atoms with Gasteiger partial charge in [0.1, 0.15) is 11.2 Å². The average Bonchev–Trinajstić information content (AvgIpc) is 4.46. The Balaban J connectivity index is 0.000000198. The maximum absolute atomic E-state index is 7.00. The minimum atomic E-state index is -1.53. The predicted molar refractivity (Wildman–Crippen MR) is 344 cm³/mol. The Kier molecular flexibility index (Phi) is 18.2. The third kappa shape index (κ3) is 11.3. The SMILES string of the molecule is CC(C)c1cc([Si](C)(C)C)cc(C(C)C)c1-n1c(-c2[c-]ccc3c2oc2ccccc23)nc2ccccc21.CC(C)c1cc([Si](C)(C)C)cc(C(C)C)c1-n1c(-c2[c-]ccc3c2oc2ccccc23)nc2ccccc21.CO.CO.[Ir]. The fraction of sp³-hybridized carbons (Fsp3) is 0.286. The largest absolute Gasteiger partial charge is 0.501 e. The molecule has 8 nitrogen and oxygen atoms in total. The summed E-state index contributed by atoms with van der Waals surface area (Å²) < 4.78 is 17.7. The van der Waals surface area contributed by atoms with E-state index < -0.39 is 16.1 Å². The zero-order chi connectivity index (χ0) is 57.5. The molecule has 0 aliphatic heterocycles.